The molecule has 0 aliphatic carbocycles. The van der Waals surface area contributed by atoms with E-state index < -0.39 is 0 Å². The van der Waals surface area contributed by atoms with E-state index in [9.17, 15) is 4.79 Å². The molecular formula is C13H12N2O2. The van der Waals surface area contributed by atoms with Crippen molar-refractivity contribution in [3.63, 3.8) is 0 Å². The lowest BCUT2D eigenvalue weighted by atomic mass is 10.1. The molecule has 0 aliphatic rings. The minimum atomic E-state index is -0.104. The van der Waals surface area contributed by atoms with E-state index >= 15 is 0 Å². The summed E-state index contributed by atoms with van der Waals surface area (Å²) in [6, 6.07) is 7.08. The van der Waals surface area contributed by atoms with Crippen LogP contribution in [0.3, 0.4) is 0 Å². The predicted molar refractivity (Wildman–Crippen MR) is 63.1 cm³/mol. The second-order valence-electron chi connectivity index (χ2n) is 3.42. The maximum Gasteiger partial charge on any atom is 0.196 e. The number of aromatic nitrogens is 2. The summed E-state index contributed by atoms with van der Waals surface area (Å²) in [6.07, 6.45) is 4.40. The maximum atomic E-state index is 12.1. The van der Waals surface area contributed by atoms with Crippen LogP contribution >= 0.6 is 0 Å². The van der Waals surface area contributed by atoms with E-state index in [1.807, 2.05) is 13.0 Å². The Bertz CT molecular complexity index is 512. The molecule has 0 radical (unpaired) electrons. The first-order chi connectivity index (χ1) is 8.31. The van der Waals surface area contributed by atoms with E-state index in [4.69, 9.17) is 4.74 Å². The van der Waals surface area contributed by atoms with Crippen LogP contribution in [0.5, 0.6) is 5.75 Å². The van der Waals surface area contributed by atoms with Gasteiger partial charge in [0.15, 0.2) is 5.78 Å². The topological polar surface area (TPSA) is 52.1 Å². The van der Waals surface area contributed by atoms with Gasteiger partial charge in [0.1, 0.15) is 12.1 Å². The number of hydrogen-bond donors (Lipinski definition) is 0. The van der Waals surface area contributed by atoms with Gasteiger partial charge in [0.25, 0.3) is 0 Å². The molecule has 0 saturated carbocycles. The smallest absolute Gasteiger partial charge is 0.196 e. The first-order valence-corrected chi connectivity index (χ1v) is 5.34. The van der Waals surface area contributed by atoms with Gasteiger partial charge >= 0.3 is 0 Å². The number of carbonyl (C=O) groups excluding carboxylic acids is 1. The molecule has 17 heavy (non-hydrogen) atoms. The van der Waals surface area contributed by atoms with Gasteiger partial charge in [-0.3, -0.25) is 4.79 Å². The summed E-state index contributed by atoms with van der Waals surface area (Å²) in [5.41, 5.74) is 1.05. The van der Waals surface area contributed by atoms with E-state index in [1.54, 1.807) is 18.2 Å². The molecule has 0 bridgehead atoms. The molecule has 86 valence electrons. The summed E-state index contributed by atoms with van der Waals surface area (Å²) < 4.78 is 5.35. The Morgan fingerprint density at radius 2 is 2.00 bits per heavy atom. The van der Waals surface area contributed by atoms with E-state index in [0.29, 0.717) is 23.5 Å². The largest absolute Gasteiger partial charge is 0.494 e. The average Bonchev–Trinajstić information content (AvgIpc) is 2.40. The Morgan fingerprint density at radius 1 is 1.24 bits per heavy atom. The molecule has 4 heteroatoms. The number of nitrogens with zero attached hydrogens (tertiary/aromatic N) is 2. The molecule has 1 heterocycles. The predicted octanol–water partition coefficient (Wildman–Crippen LogP) is 2.11. The molecule has 0 N–H and O–H groups in total. The van der Waals surface area contributed by atoms with E-state index in [1.165, 1.54) is 18.7 Å². The monoisotopic (exact) mass is 228 g/mol. The number of ether oxygens (including phenoxy) is 1. The van der Waals surface area contributed by atoms with Gasteiger partial charge in [-0.2, -0.15) is 0 Å². The zero-order valence-electron chi connectivity index (χ0n) is 9.46. The van der Waals surface area contributed by atoms with Crippen LogP contribution in [0, 0.1) is 0 Å². The number of benzene rings is 1. The SMILES string of the molecule is CCOc1cccc(C(=O)c2cncnc2)c1. The van der Waals surface area contributed by atoms with E-state index in [2.05, 4.69) is 9.97 Å². The normalized spacial score (nSPS) is 9.94. The van der Waals surface area contributed by atoms with Gasteiger partial charge < -0.3 is 4.74 Å². The fourth-order valence-corrected chi connectivity index (χ4v) is 1.48. The fourth-order valence-electron chi connectivity index (χ4n) is 1.48. The molecule has 1 aromatic heterocycles. The lowest BCUT2D eigenvalue weighted by Crippen LogP contribution is -2.03. The first kappa shape index (κ1) is 11.3. The quantitative estimate of drug-likeness (QED) is 0.752. The first-order valence-electron chi connectivity index (χ1n) is 5.34. The molecule has 2 rings (SSSR count). The highest BCUT2D eigenvalue weighted by Crippen LogP contribution is 2.15. The van der Waals surface area contributed by atoms with Crippen LogP contribution in [-0.2, 0) is 0 Å². The summed E-state index contributed by atoms with van der Waals surface area (Å²) in [7, 11) is 0. The van der Waals surface area contributed by atoms with Gasteiger partial charge in [-0.15, -0.1) is 0 Å². The van der Waals surface area contributed by atoms with Crippen LogP contribution in [0.15, 0.2) is 43.0 Å². The Balaban J connectivity index is 2.28. The van der Waals surface area contributed by atoms with Crippen LogP contribution in [-0.4, -0.2) is 22.4 Å². The molecule has 0 atom stereocenters. The highest BCUT2D eigenvalue weighted by molar-refractivity contribution is 6.08. The van der Waals surface area contributed by atoms with Gasteiger partial charge in [0, 0.05) is 18.0 Å². The molecule has 4 nitrogen and oxygen atoms in total. The van der Waals surface area contributed by atoms with Crippen molar-refractivity contribution in [3.8, 4) is 5.75 Å². The summed E-state index contributed by atoms with van der Waals surface area (Å²) in [6.45, 7) is 2.48. The molecule has 0 saturated heterocycles. The molecule has 0 spiro atoms. The number of hydrogen-bond acceptors (Lipinski definition) is 4. The second-order valence-corrected chi connectivity index (χ2v) is 3.42. The van der Waals surface area contributed by atoms with Gasteiger partial charge in [0.2, 0.25) is 0 Å². The average molecular weight is 228 g/mol. The van der Waals surface area contributed by atoms with Crippen LogP contribution in [0.25, 0.3) is 0 Å². The van der Waals surface area contributed by atoms with E-state index in [0.717, 1.165) is 0 Å². The second kappa shape index (κ2) is 5.21. The molecule has 2 aromatic rings. The summed E-state index contributed by atoms with van der Waals surface area (Å²) in [5.74, 6) is 0.586. The summed E-state index contributed by atoms with van der Waals surface area (Å²) in [4.78, 5) is 19.7. The molecule has 0 amide bonds. The number of rotatable bonds is 4. The maximum absolute atomic E-state index is 12.1. The lowest BCUT2D eigenvalue weighted by Gasteiger charge is -2.05. The van der Waals surface area contributed by atoms with Gasteiger partial charge in [-0.25, -0.2) is 9.97 Å². The van der Waals surface area contributed by atoms with Crippen LogP contribution in [0.1, 0.15) is 22.8 Å². The van der Waals surface area contributed by atoms with Crippen LogP contribution < -0.4 is 4.74 Å². The lowest BCUT2D eigenvalue weighted by molar-refractivity contribution is 0.103. The fraction of sp³-hybridized carbons (Fsp3) is 0.154. The van der Waals surface area contributed by atoms with Crippen molar-refractivity contribution in [1.82, 2.24) is 9.97 Å². The zero-order valence-corrected chi connectivity index (χ0v) is 9.46. The van der Waals surface area contributed by atoms with Crippen molar-refractivity contribution >= 4 is 5.78 Å². The summed E-state index contributed by atoms with van der Waals surface area (Å²) in [5, 5.41) is 0. The van der Waals surface area contributed by atoms with E-state index in [-0.39, 0.29) is 5.78 Å². The van der Waals surface area contributed by atoms with Crippen LogP contribution in [0.2, 0.25) is 0 Å². The minimum absolute atomic E-state index is 0.104. The molecule has 0 unspecified atom stereocenters. The zero-order chi connectivity index (χ0) is 12.1. The van der Waals surface area contributed by atoms with Crippen molar-refractivity contribution in [2.24, 2.45) is 0 Å². The molecule has 0 fully saturated rings. The van der Waals surface area contributed by atoms with Crippen molar-refractivity contribution < 1.29 is 9.53 Å². The van der Waals surface area contributed by atoms with Crippen molar-refractivity contribution in [1.29, 1.82) is 0 Å². The third-order valence-electron chi connectivity index (χ3n) is 2.23. The van der Waals surface area contributed by atoms with Crippen molar-refractivity contribution in [2.75, 3.05) is 6.61 Å². The van der Waals surface area contributed by atoms with Gasteiger partial charge in [0.05, 0.1) is 12.2 Å². The Hall–Kier alpha value is -2.23. The Morgan fingerprint density at radius 3 is 2.71 bits per heavy atom. The number of carbonyl (C=O) groups is 1. The Kier molecular flexibility index (Phi) is 3.45. The molecular weight excluding hydrogens is 216 g/mol. The minimum Gasteiger partial charge on any atom is -0.494 e. The highest BCUT2D eigenvalue weighted by Gasteiger charge is 2.09. The van der Waals surface area contributed by atoms with Gasteiger partial charge in [-0.05, 0) is 19.1 Å². The van der Waals surface area contributed by atoms with Crippen molar-refractivity contribution in [2.45, 2.75) is 6.92 Å². The molecule has 0 aliphatic heterocycles. The standard InChI is InChI=1S/C13H12N2O2/c1-2-17-12-5-3-4-10(6-12)13(16)11-7-14-9-15-8-11/h3-9H,2H2,1H3. The van der Waals surface area contributed by atoms with Gasteiger partial charge in [-0.1, -0.05) is 12.1 Å². The van der Waals surface area contributed by atoms with Crippen LogP contribution in [0.4, 0.5) is 0 Å². The summed E-state index contributed by atoms with van der Waals surface area (Å²) >= 11 is 0. The third kappa shape index (κ3) is 2.66. The molecule has 1 aromatic carbocycles. The highest BCUT2D eigenvalue weighted by atomic mass is 16.5. The number of ketones is 1. The van der Waals surface area contributed by atoms with Crippen molar-refractivity contribution in [3.05, 3.63) is 54.1 Å². The third-order valence-corrected chi connectivity index (χ3v) is 2.23. The Labute approximate surface area is 99.3 Å².